The maximum Gasteiger partial charge on any atom is 0.325 e. The van der Waals surface area contributed by atoms with Crippen molar-refractivity contribution >= 4 is 17.8 Å². The van der Waals surface area contributed by atoms with Crippen molar-refractivity contribution in [3.8, 4) is 0 Å². The van der Waals surface area contributed by atoms with E-state index in [-0.39, 0.29) is 24.3 Å². The molecular formula is C16H28N4O3. The van der Waals surface area contributed by atoms with Gasteiger partial charge in [0, 0.05) is 6.54 Å². The summed E-state index contributed by atoms with van der Waals surface area (Å²) in [5, 5.41) is 5.55. The van der Waals surface area contributed by atoms with Crippen LogP contribution in [0.5, 0.6) is 0 Å². The first-order valence-electron chi connectivity index (χ1n) is 8.52. The van der Waals surface area contributed by atoms with Crippen LogP contribution in [0.25, 0.3) is 0 Å². The Balaban J connectivity index is 1.93. The Morgan fingerprint density at radius 1 is 1.43 bits per heavy atom. The predicted octanol–water partition coefficient (Wildman–Crippen LogP) is 0.588. The van der Waals surface area contributed by atoms with E-state index < -0.39 is 11.6 Å². The number of rotatable bonds is 6. The van der Waals surface area contributed by atoms with Crippen LogP contribution in [0.3, 0.4) is 0 Å². The van der Waals surface area contributed by atoms with Gasteiger partial charge in [-0.15, -0.1) is 0 Å². The highest BCUT2D eigenvalue weighted by molar-refractivity contribution is 6.09. The molecule has 1 spiro atoms. The van der Waals surface area contributed by atoms with Gasteiger partial charge in [0.25, 0.3) is 5.91 Å². The third kappa shape index (κ3) is 3.83. The lowest BCUT2D eigenvalue weighted by Crippen LogP contribution is -2.50. The van der Waals surface area contributed by atoms with Crippen molar-refractivity contribution in [2.45, 2.75) is 51.5 Å². The molecule has 1 unspecified atom stereocenters. The van der Waals surface area contributed by atoms with E-state index in [1.54, 1.807) is 0 Å². The van der Waals surface area contributed by atoms with Crippen LogP contribution in [-0.2, 0) is 9.59 Å². The van der Waals surface area contributed by atoms with E-state index in [4.69, 9.17) is 5.73 Å². The molecule has 0 aromatic heterocycles. The highest BCUT2D eigenvalue weighted by Crippen LogP contribution is 2.37. The number of nitrogens with two attached hydrogens (primary N) is 1. The molecule has 1 heterocycles. The van der Waals surface area contributed by atoms with Gasteiger partial charge in [-0.2, -0.15) is 0 Å². The van der Waals surface area contributed by atoms with Gasteiger partial charge in [-0.25, -0.2) is 4.79 Å². The molecule has 2 rings (SSSR count). The molecule has 1 saturated carbocycles. The highest BCUT2D eigenvalue weighted by atomic mass is 16.2. The molecular weight excluding hydrogens is 296 g/mol. The van der Waals surface area contributed by atoms with Crippen molar-refractivity contribution in [1.29, 1.82) is 0 Å². The number of amides is 4. The Morgan fingerprint density at radius 3 is 2.65 bits per heavy atom. The lowest BCUT2D eigenvalue weighted by Gasteiger charge is -2.34. The summed E-state index contributed by atoms with van der Waals surface area (Å²) in [6, 6.07) is -0.452. The lowest BCUT2D eigenvalue weighted by atomic mass is 9.75. The quantitative estimate of drug-likeness (QED) is 0.622. The molecule has 4 N–H and O–H groups in total. The molecule has 7 nitrogen and oxygen atoms in total. The Labute approximate surface area is 137 Å². The summed E-state index contributed by atoms with van der Waals surface area (Å²) >= 11 is 0. The monoisotopic (exact) mass is 324 g/mol. The van der Waals surface area contributed by atoms with Crippen LogP contribution in [0.1, 0.15) is 46.0 Å². The summed E-state index contributed by atoms with van der Waals surface area (Å²) < 4.78 is 0. The number of hydrogen-bond acceptors (Lipinski definition) is 4. The van der Waals surface area contributed by atoms with Crippen LogP contribution in [0.2, 0.25) is 0 Å². The average molecular weight is 324 g/mol. The Morgan fingerprint density at radius 2 is 2.09 bits per heavy atom. The minimum atomic E-state index is -0.784. The molecule has 4 amide bonds. The Hall–Kier alpha value is -1.63. The van der Waals surface area contributed by atoms with Crippen molar-refractivity contribution in [3.63, 3.8) is 0 Å². The summed E-state index contributed by atoms with van der Waals surface area (Å²) in [7, 11) is 0. The van der Waals surface area contributed by atoms with E-state index in [1.165, 1.54) is 0 Å². The molecule has 7 heteroatoms. The second kappa shape index (κ2) is 7.29. The second-order valence-electron chi connectivity index (χ2n) is 6.90. The maximum absolute atomic E-state index is 12.7. The third-order valence-corrected chi connectivity index (χ3v) is 5.13. The average Bonchev–Trinajstić information content (AvgIpc) is 2.77. The van der Waals surface area contributed by atoms with Crippen LogP contribution >= 0.6 is 0 Å². The number of nitrogens with zero attached hydrogens (tertiary/aromatic N) is 1. The molecule has 0 aromatic carbocycles. The van der Waals surface area contributed by atoms with E-state index in [2.05, 4.69) is 17.6 Å². The zero-order valence-corrected chi connectivity index (χ0v) is 14.1. The van der Waals surface area contributed by atoms with E-state index in [9.17, 15) is 14.4 Å². The molecule has 1 aliphatic heterocycles. The van der Waals surface area contributed by atoms with E-state index in [1.807, 2.05) is 6.92 Å². The lowest BCUT2D eigenvalue weighted by molar-refractivity contribution is -0.136. The van der Waals surface area contributed by atoms with Crippen molar-refractivity contribution in [1.82, 2.24) is 15.5 Å². The number of nitrogens with one attached hydrogen (secondary N) is 2. The molecule has 1 aliphatic carbocycles. The fourth-order valence-corrected chi connectivity index (χ4v) is 3.31. The van der Waals surface area contributed by atoms with Gasteiger partial charge in [0.05, 0.1) is 0 Å². The minimum Gasteiger partial charge on any atom is -0.354 e. The largest absolute Gasteiger partial charge is 0.354 e. The Bertz CT molecular complexity index is 472. The molecule has 23 heavy (non-hydrogen) atoms. The normalized spacial score (nSPS) is 28.8. The fourth-order valence-electron chi connectivity index (χ4n) is 3.31. The van der Waals surface area contributed by atoms with Crippen molar-refractivity contribution in [2.24, 2.45) is 17.6 Å². The number of imide groups is 1. The molecule has 2 aliphatic rings. The smallest absolute Gasteiger partial charge is 0.325 e. The van der Waals surface area contributed by atoms with E-state index in [0.29, 0.717) is 31.8 Å². The van der Waals surface area contributed by atoms with Gasteiger partial charge < -0.3 is 16.4 Å². The summed E-state index contributed by atoms with van der Waals surface area (Å²) in [5.74, 6) is 0.213. The van der Waals surface area contributed by atoms with Crippen molar-refractivity contribution in [2.75, 3.05) is 19.6 Å². The second-order valence-corrected chi connectivity index (χ2v) is 6.90. The van der Waals surface area contributed by atoms with Gasteiger partial charge in [0.1, 0.15) is 12.1 Å². The van der Waals surface area contributed by atoms with Crippen LogP contribution in [0, 0.1) is 11.8 Å². The molecule has 130 valence electrons. The number of carbonyl (C=O) groups excluding carboxylic acids is 3. The van der Waals surface area contributed by atoms with Gasteiger partial charge in [0.2, 0.25) is 5.91 Å². The fraction of sp³-hybridized carbons (Fsp3) is 0.812. The zero-order chi connectivity index (χ0) is 17.0. The van der Waals surface area contributed by atoms with Crippen molar-refractivity contribution in [3.05, 3.63) is 0 Å². The van der Waals surface area contributed by atoms with Crippen molar-refractivity contribution < 1.29 is 14.4 Å². The molecule has 1 saturated heterocycles. The number of carbonyl (C=O) groups is 3. The van der Waals surface area contributed by atoms with Gasteiger partial charge in [-0.05, 0) is 44.1 Å². The van der Waals surface area contributed by atoms with Gasteiger partial charge in [-0.3, -0.25) is 14.5 Å². The molecule has 0 radical (unpaired) electrons. The Kier molecular flexibility index (Phi) is 5.62. The number of hydrogen-bond donors (Lipinski definition) is 3. The SMILES string of the molecule is CCC1CCC2(CC1)NC(=O)N(CC(=O)NCC(C)CN)C2=O. The molecule has 2 fully saturated rings. The highest BCUT2D eigenvalue weighted by Gasteiger charge is 2.52. The third-order valence-electron chi connectivity index (χ3n) is 5.13. The van der Waals surface area contributed by atoms with E-state index in [0.717, 1.165) is 24.2 Å². The molecule has 1 atom stereocenters. The summed E-state index contributed by atoms with van der Waals surface area (Å²) in [6.45, 7) is 4.78. The first kappa shape index (κ1) is 17.7. The molecule has 0 bridgehead atoms. The van der Waals surface area contributed by atoms with Gasteiger partial charge in [0.15, 0.2) is 0 Å². The summed E-state index contributed by atoms with van der Waals surface area (Å²) in [4.78, 5) is 37.8. The van der Waals surface area contributed by atoms with Crippen LogP contribution in [0.4, 0.5) is 4.79 Å². The van der Waals surface area contributed by atoms with Crippen LogP contribution in [-0.4, -0.2) is 47.9 Å². The predicted molar refractivity (Wildman–Crippen MR) is 86.5 cm³/mol. The topological polar surface area (TPSA) is 105 Å². The minimum absolute atomic E-state index is 0.165. The first-order valence-corrected chi connectivity index (χ1v) is 8.52. The standard InChI is InChI=1S/C16H28N4O3/c1-3-12-4-6-16(7-5-12)14(22)20(15(23)19-16)10-13(21)18-9-11(2)8-17/h11-12H,3-10,17H2,1-2H3,(H,18,21)(H,19,23). The van der Waals surface area contributed by atoms with Crippen LogP contribution < -0.4 is 16.4 Å². The zero-order valence-electron chi connectivity index (χ0n) is 14.1. The first-order chi connectivity index (χ1) is 10.9. The van der Waals surface area contributed by atoms with E-state index >= 15 is 0 Å². The van der Waals surface area contributed by atoms with Gasteiger partial charge >= 0.3 is 6.03 Å². The summed E-state index contributed by atoms with van der Waals surface area (Å²) in [6.07, 6.45) is 4.31. The van der Waals surface area contributed by atoms with Crippen LogP contribution in [0.15, 0.2) is 0 Å². The summed E-state index contributed by atoms with van der Waals surface area (Å²) in [5.41, 5.74) is 4.72. The molecule has 0 aromatic rings. The maximum atomic E-state index is 12.7. The van der Waals surface area contributed by atoms with Gasteiger partial charge in [-0.1, -0.05) is 20.3 Å². The number of urea groups is 1.